The van der Waals surface area contributed by atoms with E-state index in [9.17, 15) is 0 Å². The Balaban J connectivity index is 0.00000243. The van der Waals surface area contributed by atoms with Crippen LogP contribution in [0.2, 0.25) is 0 Å². The molecule has 1 aromatic heterocycles. The molecule has 6 heteroatoms. The van der Waals surface area contributed by atoms with Gasteiger partial charge in [0.1, 0.15) is 0 Å². The Hall–Kier alpha value is -1.15. The van der Waals surface area contributed by atoms with Crippen molar-refractivity contribution in [3.8, 4) is 0 Å². The number of nitrogens with zero attached hydrogens (tertiary/aromatic N) is 3. The molecule has 2 aromatic rings. The number of aryl methyl sites for hydroxylation is 1. The number of hydrogen-bond donors (Lipinski definition) is 1. The number of likely N-dealkylation sites (tertiary alicyclic amines) is 1. The molecule has 142 valence electrons. The molecule has 4 nitrogen and oxygen atoms in total. The average molecular weight is 484 g/mol. The first-order valence-corrected chi connectivity index (χ1v) is 10.0. The molecule has 1 aliphatic rings. The second-order valence-corrected chi connectivity index (χ2v) is 7.76. The van der Waals surface area contributed by atoms with Crippen LogP contribution in [0.1, 0.15) is 29.1 Å². The largest absolute Gasteiger partial charge is 0.356 e. The minimum absolute atomic E-state index is 0. The Kier molecular flexibility index (Phi) is 8.84. The Morgan fingerprint density at radius 3 is 2.62 bits per heavy atom. The fourth-order valence-corrected chi connectivity index (χ4v) is 4.10. The van der Waals surface area contributed by atoms with Crippen LogP contribution in [0.5, 0.6) is 0 Å². The van der Waals surface area contributed by atoms with Gasteiger partial charge in [-0.1, -0.05) is 30.3 Å². The fraction of sp³-hybridized carbons (Fsp3) is 0.500. The number of halogens is 1. The van der Waals surface area contributed by atoms with Crippen molar-refractivity contribution >= 4 is 41.3 Å². The Morgan fingerprint density at radius 2 is 2.00 bits per heavy atom. The van der Waals surface area contributed by atoms with Crippen molar-refractivity contribution in [2.75, 3.05) is 26.7 Å². The topological polar surface area (TPSA) is 40.5 Å². The quantitative estimate of drug-likeness (QED) is 0.394. The lowest BCUT2D eigenvalue weighted by atomic mass is 9.90. The summed E-state index contributed by atoms with van der Waals surface area (Å²) in [6.45, 7) is 5.12. The van der Waals surface area contributed by atoms with Crippen molar-refractivity contribution in [1.82, 2.24) is 15.2 Å². The maximum Gasteiger partial charge on any atom is 0.193 e. The second-order valence-electron chi connectivity index (χ2n) is 6.70. The molecule has 26 heavy (non-hydrogen) atoms. The van der Waals surface area contributed by atoms with Crippen LogP contribution < -0.4 is 5.32 Å². The summed E-state index contributed by atoms with van der Waals surface area (Å²) in [6.07, 6.45) is 4.62. The van der Waals surface area contributed by atoms with Gasteiger partial charge < -0.3 is 10.2 Å². The number of hydrogen-bond acceptors (Lipinski definition) is 3. The van der Waals surface area contributed by atoms with Crippen molar-refractivity contribution in [3.05, 3.63) is 52.0 Å². The molecule has 1 saturated heterocycles. The molecule has 0 atom stereocenters. The van der Waals surface area contributed by atoms with Crippen LogP contribution in [0.4, 0.5) is 0 Å². The van der Waals surface area contributed by atoms with E-state index in [0.29, 0.717) is 0 Å². The van der Waals surface area contributed by atoms with Crippen LogP contribution in [0.25, 0.3) is 0 Å². The zero-order chi connectivity index (χ0) is 17.5. The van der Waals surface area contributed by atoms with E-state index in [2.05, 4.69) is 62.8 Å². The molecule has 0 aliphatic carbocycles. The molecule has 0 spiro atoms. The highest BCUT2D eigenvalue weighted by molar-refractivity contribution is 14.0. The lowest BCUT2D eigenvalue weighted by molar-refractivity contribution is 0.259. The zero-order valence-corrected chi connectivity index (χ0v) is 18.8. The highest BCUT2D eigenvalue weighted by Gasteiger charge is 2.21. The summed E-state index contributed by atoms with van der Waals surface area (Å²) >= 11 is 1.72. The van der Waals surface area contributed by atoms with Gasteiger partial charge in [0.25, 0.3) is 0 Å². The highest BCUT2D eigenvalue weighted by atomic mass is 127. The van der Waals surface area contributed by atoms with Gasteiger partial charge in [-0.3, -0.25) is 4.99 Å². The Morgan fingerprint density at radius 1 is 1.27 bits per heavy atom. The summed E-state index contributed by atoms with van der Waals surface area (Å²) in [5.41, 5.74) is 2.63. The van der Waals surface area contributed by atoms with Crippen LogP contribution in [0.3, 0.4) is 0 Å². The second kappa shape index (κ2) is 10.9. The van der Waals surface area contributed by atoms with E-state index in [0.717, 1.165) is 42.9 Å². The molecule has 0 bridgehead atoms. The zero-order valence-electron chi connectivity index (χ0n) is 15.6. The summed E-state index contributed by atoms with van der Waals surface area (Å²) in [7, 11) is 1.88. The molecule has 0 saturated carbocycles. The number of benzene rings is 1. The summed E-state index contributed by atoms with van der Waals surface area (Å²) in [5, 5.41) is 6.79. The number of rotatable bonds is 5. The van der Waals surface area contributed by atoms with E-state index in [-0.39, 0.29) is 24.0 Å². The molecule has 2 heterocycles. The summed E-state index contributed by atoms with van der Waals surface area (Å²) in [6, 6.07) is 10.9. The lowest BCUT2D eigenvalue weighted by Gasteiger charge is -2.34. The normalized spacial score (nSPS) is 15.6. The minimum Gasteiger partial charge on any atom is -0.356 e. The third-order valence-electron chi connectivity index (χ3n) is 4.82. The summed E-state index contributed by atoms with van der Waals surface area (Å²) < 4.78 is 0. The summed E-state index contributed by atoms with van der Waals surface area (Å²) in [5.74, 6) is 1.82. The van der Waals surface area contributed by atoms with E-state index in [1.54, 1.807) is 11.3 Å². The number of guanidine groups is 1. The molecule has 1 aliphatic heterocycles. The van der Waals surface area contributed by atoms with Crippen LogP contribution >= 0.6 is 35.3 Å². The predicted molar refractivity (Wildman–Crippen MR) is 122 cm³/mol. The first-order chi connectivity index (χ1) is 12.2. The molecular formula is C20H29IN4S. The first kappa shape index (κ1) is 21.2. The van der Waals surface area contributed by atoms with Gasteiger partial charge in [0.05, 0.1) is 10.7 Å². The van der Waals surface area contributed by atoms with E-state index < -0.39 is 0 Å². The van der Waals surface area contributed by atoms with Crippen LogP contribution in [-0.4, -0.2) is 42.5 Å². The number of piperidine rings is 1. The predicted octanol–water partition coefficient (Wildman–Crippen LogP) is 4.14. The van der Waals surface area contributed by atoms with Crippen molar-refractivity contribution in [2.24, 2.45) is 10.9 Å². The van der Waals surface area contributed by atoms with E-state index >= 15 is 0 Å². The summed E-state index contributed by atoms with van der Waals surface area (Å²) in [4.78, 5) is 11.4. The molecule has 1 aromatic carbocycles. The molecule has 0 unspecified atom stereocenters. The molecule has 0 amide bonds. The number of aliphatic imine (C=N–C) groups is 1. The molecule has 3 rings (SSSR count). The van der Waals surface area contributed by atoms with Gasteiger partial charge in [0, 0.05) is 38.5 Å². The van der Waals surface area contributed by atoms with Gasteiger partial charge in [0.15, 0.2) is 5.96 Å². The number of thiazole rings is 1. The van der Waals surface area contributed by atoms with Gasteiger partial charge in [-0.2, -0.15) is 0 Å². The maximum absolute atomic E-state index is 4.52. The van der Waals surface area contributed by atoms with E-state index in [4.69, 9.17) is 0 Å². The fourth-order valence-electron chi connectivity index (χ4n) is 3.45. The SMILES string of the molecule is CN=C(NCCc1csc(C)n1)N1CCC(Cc2ccccc2)CC1.I. The lowest BCUT2D eigenvalue weighted by Crippen LogP contribution is -2.46. The van der Waals surface area contributed by atoms with Crippen molar-refractivity contribution in [2.45, 2.75) is 32.6 Å². The Labute approximate surface area is 178 Å². The Bertz CT molecular complexity index is 678. The number of aromatic nitrogens is 1. The molecular weight excluding hydrogens is 455 g/mol. The van der Waals surface area contributed by atoms with Crippen LogP contribution in [0.15, 0.2) is 40.7 Å². The standard InChI is InChI=1S/C20H28N4S.HI/c1-16-23-19(15-25-16)8-11-22-20(21-2)24-12-9-18(10-13-24)14-17-6-4-3-5-7-17;/h3-7,15,18H,8-14H2,1-2H3,(H,21,22);1H. The molecule has 1 fully saturated rings. The third-order valence-corrected chi connectivity index (χ3v) is 5.65. The van der Waals surface area contributed by atoms with E-state index in [1.165, 1.54) is 30.5 Å². The van der Waals surface area contributed by atoms with Gasteiger partial charge in [0.2, 0.25) is 0 Å². The maximum atomic E-state index is 4.52. The smallest absolute Gasteiger partial charge is 0.193 e. The van der Waals surface area contributed by atoms with Crippen LogP contribution in [0, 0.1) is 12.8 Å². The first-order valence-electron chi connectivity index (χ1n) is 9.15. The van der Waals surface area contributed by atoms with Crippen LogP contribution in [-0.2, 0) is 12.8 Å². The van der Waals surface area contributed by atoms with Gasteiger partial charge >= 0.3 is 0 Å². The molecule has 0 radical (unpaired) electrons. The van der Waals surface area contributed by atoms with Gasteiger partial charge in [-0.25, -0.2) is 4.98 Å². The van der Waals surface area contributed by atoms with Gasteiger partial charge in [-0.05, 0) is 37.7 Å². The monoisotopic (exact) mass is 484 g/mol. The van der Waals surface area contributed by atoms with E-state index in [1.807, 2.05) is 7.05 Å². The third kappa shape index (κ3) is 6.23. The van der Waals surface area contributed by atoms with Crippen molar-refractivity contribution in [3.63, 3.8) is 0 Å². The van der Waals surface area contributed by atoms with Crippen molar-refractivity contribution in [1.29, 1.82) is 0 Å². The number of nitrogens with one attached hydrogen (secondary N) is 1. The average Bonchev–Trinajstić information content (AvgIpc) is 3.06. The molecule has 1 N–H and O–H groups in total. The van der Waals surface area contributed by atoms with Crippen molar-refractivity contribution < 1.29 is 0 Å². The van der Waals surface area contributed by atoms with Gasteiger partial charge in [-0.15, -0.1) is 35.3 Å². The minimum atomic E-state index is 0. The highest BCUT2D eigenvalue weighted by Crippen LogP contribution is 2.21.